The molecule has 3 atom stereocenters. The lowest BCUT2D eigenvalue weighted by Crippen LogP contribution is -2.55. The van der Waals surface area contributed by atoms with Crippen LogP contribution in [0.1, 0.15) is 6.92 Å². The van der Waals surface area contributed by atoms with Gasteiger partial charge < -0.3 is 20.4 Å². The number of aldehydes is 1. The van der Waals surface area contributed by atoms with E-state index in [9.17, 15) is 9.59 Å². The first kappa shape index (κ1) is 11.0. The minimum absolute atomic E-state index is 0.198. The number of aliphatic carboxylic acids is 1. The van der Waals surface area contributed by atoms with Gasteiger partial charge in [0.1, 0.15) is 0 Å². The summed E-state index contributed by atoms with van der Waals surface area (Å²) in [6.45, 7) is 1.00. The van der Waals surface area contributed by atoms with Gasteiger partial charge in [-0.2, -0.15) is 0 Å². The van der Waals surface area contributed by atoms with Crippen molar-refractivity contribution in [2.45, 2.75) is 24.7 Å². The van der Waals surface area contributed by atoms with E-state index in [4.69, 9.17) is 20.4 Å². The molecule has 0 unspecified atom stereocenters. The Hall–Kier alpha value is -0.980. The summed E-state index contributed by atoms with van der Waals surface area (Å²) in [6.07, 6.45) is -4.17. The lowest BCUT2D eigenvalue weighted by Gasteiger charge is -2.26. The lowest BCUT2D eigenvalue weighted by molar-refractivity contribution is -0.178. The van der Waals surface area contributed by atoms with Crippen LogP contribution >= 0.6 is 0 Å². The van der Waals surface area contributed by atoms with E-state index in [0.717, 1.165) is 6.92 Å². The first-order valence-corrected chi connectivity index (χ1v) is 3.14. The molecule has 0 aromatic heterocycles. The Morgan fingerprint density at radius 3 is 2.00 bits per heavy atom. The third-order valence-corrected chi connectivity index (χ3v) is 1.53. The van der Waals surface area contributed by atoms with Crippen LogP contribution in [-0.4, -0.2) is 50.5 Å². The van der Waals surface area contributed by atoms with Crippen LogP contribution in [0.5, 0.6) is 0 Å². The molecule has 0 amide bonds. The van der Waals surface area contributed by atoms with E-state index < -0.39 is 23.8 Å². The SMILES string of the molecule is C[C@H](O)[C@](O)(C=O)[C@@H](O)C(=O)O. The van der Waals surface area contributed by atoms with E-state index in [-0.39, 0.29) is 6.29 Å². The number of hydrogen-bond donors (Lipinski definition) is 4. The minimum Gasteiger partial charge on any atom is -0.479 e. The molecule has 0 saturated heterocycles. The molecular weight excluding hydrogens is 168 g/mol. The summed E-state index contributed by atoms with van der Waals surface area (Å²) in [5.74, 6) is -1.77. The molecule has 0 bridgehead atoms. The van der Waals surface area contributed by atoms with Gasteiger partial charge in [-0.15, -0.1) is 0 Å². The Kier molecular flexibility index (Phi) is 3.32. The van der Waals surface area contributed by atoms with Gasteiger partial charge >= 0.3 is 5.97 Å². The Labute approximate surface area is 68.1 Å². The average molecular weight is 178 g/mol. The second-order valence-electron chi connectivity index (χ2n) is 2.42. The van der Waals surface area contributed by atoms with Crippen LogP contribution in [-0.2, 0) is 9.59 Å². The highest BCUT2D eigenvalue weighted by atomic mass is 16.4. The zero-order valence-corrected chi connectivity index (χ0v) is 6.34. The van der Waals surface area contributed by atoms with Crippen LogP contribution < -0.4 is 0 Å². The van der Waals surface area contributed by atoms with Crippen LogP contribution in [0.4, 0.5) is 0 Å². The fourth-order valence-electron chi connectivity index (χ4n) is 0.589. The van der Waals surface area contributed by atoms with Gasteiger partial charge in [0.05, 0.1) is 6.10 Å². The summed E-state index contributed by atoms with van der Waals surface area (Å²) in [6, 6.07) is 0. The Balaban J connectivity index is 4.74. The Bertz CT molecular complexity index is 188. The van der Waals surface area contributed by atoms with E-state index in [1.165, 1.54) is 0 Å². The Morgan fingerprint density at radius 2 is 1.92 bits per heavy atom. The number of carboxylic acid groups (broad SMARTS) is 1. The molecule has 0 saturated carbocycles. The maximum Gasteiger partial charge on any atom is 0.336 e. The van der Waals surface area contributed by atoms with Gasteiger partial charge in [-0.1, -0.05) is 0 Å². The summed E-state index contributed by atoms with van der Waals surface area (Å²) in [5, 5.41) is 34.9. The number of carbonyl (C=O) groups excluding carboxylic acids is 1. The molecular formula is C6H10O6. The van der Waals surface area contributed by atoms with Crippen molar-refractivity contribution >= 4 is 12.3 Å². The number of carbonyl (C=O) groups is 2. The number of carboxylic acids is 1. The zero-order valence-electron chi connectivity index (χ0n) is 6.34. The predicted molar refractivity (Wildman–Crippen MR) is 36.3 cm³/mol. The largest absolute Gasteiger partial charge is 0.479 e. The van der Waals surface area contributed by atoms with Crippen molar-refractivity contribution in [1.29, 1.82) is 0 Å². The smallest absolute Gasteiger partial charge is 0.336 e. The number of aliphatic hydroxyl groups is 3. The van der Waals surface area contributed by atoms with E-state index >= 15 is 0 Å². The normalized spacial score (nSPS) is 20.7. The summed E-state index contributed by atoms with van der Waals surface area (Å²) in [5.41, 5.74) is -2.65. The monoisotopic (exact) mass is 178 g/mol. The zero-order chi connectivity index (χ0) is 9.94. The van der Waals surface area contributed by atoms with Gasteiger partial charge in [0, 0.05) is 0 Å². The van der Waals surface area contributed by atoms with Gasteiger partial charge in [0.2, 0.25) is 0 Å². The molecule has 0 aliphatic heterocycles. The molecule has 0 aliphatic rings. The molecule has 0 heterocycles. The highest BCUT2D eigenvalue weighted by Crippen LogP contribution is 2.13. The molecule has 0 spiro atoms. The summed E-state index contributed by atoms with van der Waals surface area (Å²) < 4.78 is 0. The van der Waals surface area contributed by atoms with Crippen LogP contribution in [0.2, 0.25) is 0 Å². The van der Waals surface area contributed by atoms with Gasteiger partial charge in [-0.3, -0.25) is 4.79 Å². The fourth-order valence-corrected chi connectivity index (χ4v) is 0.589. The van der Waals surface area contributed by atoms with Crippen molar-refractivity contribution in [2.24, 2.45) is 0 Å². The number of hydrogen-bond acceptors (Lipinski definition) is 5. The van der Waals surface area contributed by atoms with Crippen LogP contribution in [0.15, 0.2) is 0 Å². The first-order chi connectivity index (χ1) is 5.36. The first-order valence-electron chi connectivity index (χ1n) is 3.14. The van der Waals surface area contributed by atoms with Gasteiger partial charge in [-0.05, 0) is 6.92 Å². The summed E-state index contributed by atoms with van der Waals surface area (Å²) >= 11 is 0. The van der Waals surface area contributed by atoms with Crippen molar-refractivity contribution in [2.75, 3.05) is 0 Å². The van der Waals surface area contributed by atoms with Crippen LogP contribution in [0, 0.1) is 0 Å². The molecule has 70 valence electrons. The third-order valence-electron chi connectivity index (χ3n) is 1.53. The summed E-state index contributed by atoms with van der Waals surface area (Å²) in [7, 11) is 0. The molecule has 0 aromatic carbocycles. The van der Waals surface area contributed by atoms with E-state index in [0.29, 0.717) is 0 Å². The fraction of sp³-hybridized carbons (Fsp3) is 0.667. The van der Waals surface area contributed by atoms with Crippen molar-refractivity contribution in [3.8, 4) is 0 Å². The molecule has 0 radical (unpaired) electrons. The molecule has 0 rings (SSSR count). The number of aliphatic hydroxyl groups excluding tert-OH is 2. The van der Waals surface area contributed by atoms with E-state index in [1.807, 2.05) is 0 Å². The van der Waals surface area contributed by atoms with Crippen molar-refractivity contribution in [3.05, 3.63) is 0 Å². The van der Waals surface area contributed by atoms with Gasteiger partial charge in [0.15, 0.2) is 18.0 Å². The average Bonchev–Trinajstić information content (AvgIpc) is 2.01. The molecule has 0 fully saturated rings. The molecule has 0 aliphatic carbocycles. The maximum absolute atomic E-state index is 10.2. The summed E-state index contributed by atoms with van der Waals surface area (Å²) in [4.78, 5) is 20.3. The second kappa shape index (κ2) is 3.61. The molecule has 12 heavy (non-hydrogen) atoms. The Morgan fingerprint density at radius 1 is 1.50 bits per heavy atom. The highest BCUT2D eigenvalue weighted by Gasteiger charge is 2.44. The topological polar surface area (TPSA) is 115 Å². The number of rotatable bonds is 4. The molecule has 6 heteroatoms. The second-order valence-corrected chi connectivity index (χ2v) is 2.42. The molecule has 4 N–H and O–H groups in total. The van der Waals surface area contributed by atoms with Crippen LogP contribution in [0.25, 0.3) is 0 Å². The van der Waals surface area contributed by atoms with Crippen molar-refractivity contribution in [1.82, 2.24) is 0 Å². The molecule has 6 nitrogen and oxygen atoms in total. The minimum atomic E-state index is -2.65. The lowest BCUT2D eigenvalue weighted by atomic mass is 9.93. The van der Waals surface area contributed by atoms with Crippen LogP contribution in [0.3, 0.4) is 0 Å². The van der Waals surface area contributed by atoms with Gasteiger partial charge in [0.25, 0.3) is 0 Å². The standard InChI is InChI=1S/C6H10O6/c1-3(8)6(12,2-7)4(9)5(10)11/h2-4,8-9,12H,1H3,(H,10,11)/t3-,4-,6+/m0/s1. The highest BCUT2D eigenvalue weighted by molar-refractivity contribution is 5.81. The maximum atomic E-state index is 10.2. The predicted octanol–water partition coefficient (Wildman–Crippen LogP) is -2.26. The van der Waals surface area contributed by atoms with E-state index in [2.05, 4.69) is 0 Å². The van der Waals surface area contributed by atoms with Crippen molar-refractivity contribution in [3.63, 3.8) is 0 Å². The van der Waals surface area contributed by atoms with Gasteiger partial charge in [-0.25, -0.2) is 4.79 Å². The van der Waals surface area contributed by atoms with Crippen molar-refractivity contribution < 1.29 is 30.0 Å². The molecule has 0 aromatic rings. The van der Waals surface area contributed by atoms with E-state index in [1.54, 1.807) is 0 Å². The third kappa shape index (κ3) is 1.79. The quantitative estimate of drug-likeness (QED) is 0.361.